The zero-order valence-corrected chi connectivity index (χ0v) is 37.7. The summed E-state index contributed by atoms with van der Waals surface area (Å²) in [5.74, 6) is 0.716. The molecule has 0 saturated carbocycles. The van der Waals surface area contributed by atoms with Crippen molar-refractivity contribution in [2.24, 2.45) is 15.9 Å². The maximum atomic E-state index is 7.15. The lowest BCUT2D eigenvalue weighted by Gasteiger charge is -2.22. The van der Waals surface area contributed by atoms with E-state index in [-0.39, 0.29) is 12.1 Å². The lowest BCUT2D eigenvalue weighted by Crippen LogP contribution is -2.19. The number of aromatic nitrogens is 2. The molecular weight excluding hydrogens is 845 g/mol. The van der Waals surface area contributed by atoms with E-state index in [9.17, 15) is 0 Å². The summed E-state index contributed by atoms with van der Waals surface area (Å²) in [6.07, 6.45) is 1.32. The van der Waals surface area contributed by atoms with Gasteiger partial charge in [-0.2, -0.15) is 0 Å². The number of benzene rings is 10. The highest BCUT2D eigenvalue weighted by atomic mass is 16.3. The van der Waals surface area contributed by atoms with Gasteiger partial charge in [0.15, 0.2) is 11.4 Å². The van der Waals surface area contributed by atoms with Crippen LogP contribution in [0, 0.1) is 5.92 Å². The fourth-order valence-corrected chi connectivity index (χ4v) is 11.7. The van der Waals surface area contributed by atoms with Crippen LogP contribution in [0.15, 0.2) is 219 Å². The Morgan fingerprint density at radius 1 is 0.464 bits per heavy atom. The van der Waals surface area contributed by atoms with Gasteiger partial charge in [-0.15, -0.1) is 0 Å². The number of para-hydroxylation sites is 4. The van der Waals surface area contributed by atoms with Crippen molar-refractivity contribution in [3.63, 3.8) is 0 Å². The van der Waals surface area contributed by atoms with Gasteiger partial charge in [-0.05, 0) is 107 Å². The Morgan fingerprint density at radius 2 is 0.986 bits per heavy atom. The molecule has 0 spiro atoms. The van der Waals surface area contributed by atoms with Crippen LogP contribution in [0.25, 0.3) is 115 Å². The van der Waals surface area contributed by atoms with Gasteiger partial charge in [-0.1, -0.05) is 134 Å². The van der Waals surface area contributed by atoms with Gasteiger partial charge in [0, 0.05) is 60.1 Å². The van der Waals surface area contributed by atoms with E-state index in [0.29, 0.717) is 5.84 Å². The molecule has 6 heteroatoms. The van der Waals surface area contributed by atoms with Crippen LogP contribution in [0.1, 0.15) is 37.1 Å². The Bertz CT molecular complexity index is 4390. The molecule has 0 fully saturated rings. The minimum atomic E-state index is -0.295. The van der Waals surface area contributed by atoms with Crippen molar-refractivity contribution in [1.29, 1.82) is 0 Å². The topological polar surface area (TPSA) is 60.9 Å². The number of hydrogen-bond donors (Lipinski definition) is 0. The fourth-order valence-electron chi connectivity index (χ4n) is 11.7. The second-order valence-corrected chi connectivity index (χ2v) is 18.7. The largest absolute Gasteiger partial charge is 0.456 e. The minimum Gasteiger partial charge on any atom is -0.456 e. The molecule has 0 bridgehead atoms. The first-order chi connectivity index (χ1) is 34.1. The number of hydrogen-bond acceptors (Lipinski definition) is 4. The maximum absolute atomic E-state index is 7.15. The van der Waals surface area contributed by atoms with Crippen molar-refractivity contribution in [3.05, 3.63) is 211 Å². The van der Waals surface area contributed by atoms with E-state index in [1.807, 2.05) is 12.1 Å². The average molecular weight is 887 g/mol. The highest BCUT2D eigenvalue weighted by Crippen LogP contribution is 2.44. The summed E-state index contributed by atoms with van der Waals surface area (Å²) in [4.78, 5) is 11.9. The number of amidine groups is 1. The molecule has 0 saturated heterocycles. The SMILES string of the molecule is CCC1CC(n2c3ccccc3c3ccccc32)N=C(c2ccc3c(oc4ccccc43)c2-n2c3cc4ccccc4cc3c3cc4ccccc4cc32)N=C1c1ccc2c(c1)oc1ccccc12. The molecule has 14 aromatic rings. The number of aliphatic imine (C=N–C) groups is 2. The maximum Gasteiger partial charge on any atom is 0.160 e. The molecule has 0 N–H and O–H groups in total. The van der Waals surface area contributed by atoms with Crippen LogP contribution in [-0.2, 0) is 0 Å². The predicted octanol–water partition coefficient (Wildman–Crippen LogP) is 16.9. The van der Waals surface area contributed by atoms with Crippen molar-refractivity contribution in [2.75, 3.05) is 0 Å². The normalized spacial score (nSPS) is 15.8. The molecule has 15 rings (SSSR count). The van der Waals surface area contributed by atoms with Gasteiger partial charge in [0.25, 0.3) is 0 Å². The van der Waals surface area contributed by atoms with Crippen LogP contribution >= 0.6 is 0 Å². The number of fused-ring (bicyclic) bond motifs is 14. The Labute approximate surface area is 395 Å². The third-order valence-corrected chi connectivity index (χ3v) is 14.9. The molecule has 69 heavy (non-hydrogen) atoms. The van der Waals surface area contributed by atoms with Crippen LogP contribution in [-0.4, -0.2) is 20.7 Å². The molecule has 6 nitrogen and oxygen atoms in total. The highest BCUT2D eigenvalue weighted by molar-refractivity contribution is 6.22. The lowest BCUT2D eigenvalue weighted by atomic mass is 9.90. The summed E-state index contributed by atoms with van der Waals surface area (Å²) in [6.45, 7) is 2.28. The third kappa shape index (κ3) is 5.66. The second kappa shape index (κ2) is 14.6. The van der Waals surface area contributed by atoms with Gasteiger partial charge in [-0.25, -0.2) is 9.98 Å². The van der Waals surface area contributed by atoms with Gasteiger partial charge < -0.3 is 18.0 Å². The van der Waals surface area contributed by atoms with E-state index in [1.165, 1.54) is 43.1 Å². The number of furan rings is 2. The first-order valence-electron chi connectivity index (χ1n) is 24.0. The first-order valence-corrected chi connectivity index (χ1v) is 24.0. The lowest BCUT2D eigenvalue weighted by molar-refractivity contribution is 0.449. The molecule has 0 aliphatic carbocycles. The zero-order valence-electron chi connectivity index (χ0n) is 37.7. The highest BCUT2D eigenvalue weighted by Gasteiger charge is 2.32. The van der Waals surface area contributed by atoms with Crippen LogP contribution in [0.5, 0.6) is 0 Å². The van der Waals surface area contributed by atoms with Crippen molar-refractivity contribution >= 4 is 121 Å². The van der Waals surface area contributed by atoms with Crippen LogP contribution in [0.4, 0.5) is 0 Å². The Morgan fingerprint density at radius 3 is 1.62 bits per heavy atom. The molecule has 0 amide bonds. The summed E-state index contributed by atoms with van der Waals surface area (Å²) >= 11 is 0. The van der Waals surface area contributed by atoms with Crippen LogP contribution < -0.4 is 0 Å². The number of rotatable bonds is 5. The van der Waals surface area contributed by atoms with Crippen molar-refractivity contribution in [3.8, 4) is 5.69 Å². The molecule has 0 radical (unpaired) electrons. The van der Waals surface area contributed by atoms with E-state index < -0.39 is 0 Å². The van der Waals surface area contributed by atoms with Gasteiger partial charge in [-0.3, -0.25) is 0 Å². The van der Waals surface area contributed by atoms with Crippen LogP contribution in [0.2, 0.25) is 0 Å². The quantitative estimate of drug-likeness (QED) is 0.173. The molecular formula is C63H42N4O2. The van der Waals surface area contributed by atoms with Gasteiger partial charge in [0.2, 0.25) is 0 Å². The molecule has 326 valence electrons. The molecule has 10 aromatic carbocycles. The van der Waals surface area contributed by atoms with Gasteiger partial charge in [0.1, 0.15) is 28.6 Å². The molecule has 2 atom stereocenters. The second-order valence-electron chi connectivity index (χ2n) is 18.7. The van der Waals surface area contributed by atoms with E-state index in [0.717, 1.165) is 101 Å². The van der Waals surface area contributed by atoms with E-state index in [1.54, 1.807) is 0 Å². The van der Waals surface area contributed by atoms with Crippen molar-refractivity contribution in [1.82, 2.24) is 9.13 Å². The van der Waals surface area contributed by atoms with Crippen molar-refractivity contribution < 1.29 is 8.83 Å². The Balaban J connectivity index is 1.08. The van der Waals surface area contributed by atoms with Crippen LogP contribution in [0.3, 0.4) is 0 Å². The monoisotopic (exact) mass is 886 g/mol. The molecule has 4 aromatic heterocycles. The average Bonchev–Trinajstić information content (AvgIpc) is 4.11. The van der Waals surface area contributed by atoms with E-state index in [4.69, 9.17) is 18.8 Å². The van der Waals surface area contributed by atoms with Gasteiger partial charge >= 0.3 is 0 Å². The molecule has 2 unspecified atom stereocenters. The van der Waals surface area contributed by atoms with E-state index in [2.05, 4.69) is 204 Å². The van der Waals surface area contributed by atoms with Crippen molar-refractivity contribution in [2.45, 2.75) is 25.9 Å². The summed E-state index contributed by atoms with van der Waals surface area (Å²) < 4.78 is 18.6. The summed E-state index contributed by atoms with van der Waals surface area (Å²) in [6, 6.07) is 72.0. The fraction of sp³-hybridized carbons (Fsp3) is 0.0794. The Hall–Kier alpha value is -8.74. The Kier molecular flexibility index (Phi) is 8.14. The van der Waals surface area contributed by atoms with Gasteiger partial charge in [0.05, 0.1) is 27.8 Å². The minimum absolute atomic E-state index is 0.0577. The zero-order chi connectivity index (χ0) is 45.3. The third-order valence-electron chi connectivity index (χ3n) is 14.9. The van der Waals surface area contributed by atoms with E-state index >= 15 is 0 Å². The molecule has 5 heterocycles. The predicted molar refractivity (Wildman–Crippen MR) is 287 cm³/mol. The summed E-state index contributed by atoms with van der Waals surface area (Å²) in [7, 11) is 0. The number of nitrogens with zero attached hydrogens (tertiary/aromatic N) is 4. The smallest absolute Gasteiger partial charge is 0.160 e. The standard InChI is InChI=1S/C63H42N4O2/c1-2-37-36-59(66-52-23-11-7-19-43(52)44-20-8-12-24-53(44)66)64-63(65-60(37)42-27-28-47-45-21-9-13-25-56(45)68-58(47)35-42)49-30-29-48-46-22-10-14-26-57(46)69-62(48)61(49)67-54-33-40-17-5-3-15-38(40)31-50(54)51-32-39-16-4-6-18-41(39)34-55(51)67/h3-35,37,59H,2,36H2,1H3. The molecule has 1 aliphatic rings. The summed E-state index contributed by atoms with van der Waals surface area (Å²) in [5, 5.41) is 13.8. The first kappa shape index (κ1) is 38.4. The molecule has 1 aliphatic heterocycles. The summed E-state index contributed by atoms with van der Waals surface area (Å²) in [5.41, 5.74) is 11.7.